The maximum absolute atomic E-state index is 11.7. The van der Waals surface area contributed by atoms with E-state index in [1.54, 1.807) is 0 Å². The molecule has 0 aliphatic carbocycles. The molecular formula is C16H31FO4. The molecule has 0 unspecified atom stereocenters. The van der Waals surface area contributed by atoms with Crippen molar-refractivity contribution in [2.75, 3.05) is 39.7 Å². The van der Waals surface area contributed by atoms with Gasteiger partial charge in [-0.1, -0.05) is 45.4 Å². The zero-order chi connectivity index (χ0) is 15.6. The van der Waals surface area contributed by atoms with Gasteiger partial charge in [0.25, 0.3) is 0 Å². The van der Waals surface area contributed by atoms with Crippen molar-refractivity contribution in [1.82, 2.24) is 0 Å². The van der Waals surface area contributed by atoms with Gasteiger partial charge < -0.3 is 14.2 Å². The maximum Gasteiger partial charge on any atom is 0.305 e. The van der Waals surface area contributed by atoms with Crippen LogP contribution in [-0.2, 0) is 19.0 Å². The van der Waals surface area contributed by atoms with Crippen LogP contribution in [0.2, 0.25) is 0 Å². The standard InChI is InChI=1S/C16H31FO4/c1-2-3-4-5-6-7-8-9-16(18)21-15-14-20-13-12-19-11-10-17/h2-15H2,1H3. The Morgan fingerprint density at radius 1 is 0.810 bits per heavy atom. The largest absolute Gasteiger partial charge is 0.463 e. The summed E-state index contributed by atoms with van der Waals surface area (Å²) < 4.78 is 26.8. The fraction of sp³-hybridized carbons (Fsp3) is 0.938. The molecule has 0 aromatic rings. The van der Waals surface area contributed by atoms with Crippen molar-refractivity contribution in [3.05, 3.63) is 0 Å². The molecule has 0 atom stereocenters. The number of carbonyl (C=O) groups is 1. The molecule has 0 aliphatic rings. The number of halogens is 1. The van der Waals surface area contributed by atoms with Crippen LogP contribution < -0.4 is 0 Å². The van der Waals surface area contributed by atoms with Crippen molar-refractivity contribution in [2.45, 2.75) is 58.3 Å². The molecule has 0 spiro atoms. The second kappa shape index (κ2) is 17.4. The summed E-state index contributed by atoms with van der Waals surface area (Å²) in [6.45, 7) is 3.25. The molecule has 21 heavy (non-hydrogen) atoms. The van der Waals surface area contributed by atoms with Gasteiger partial charge in [-0.2, -0.15) is 0 Å². The number of esters is 1. The Balaban J connectivity index is 3.13. The zero-order valence-corrected chi connectivity index (χ0v) is 13.4. The van der Waals surface area contributed by atoms with Crippen LogP contribution in [0.15, 0.2) is 0 Å². The molecule has 126 valence electrons. The van der Waals surface area contributed by atoms with E-state index in [-0.39, 0.29) is 19.2 Å². The number of carbonyl (C=O) groups excluding carboxylic acids is 1. The van der Waals surface area contributed by atoms with E-state index in [0.717, 1.165) is 12.8 Å². The third kappa shape index (κ3) is 17.3. The summed E-state index contributed by atoms with van der Waals surface area (Å²) in [6.07, 6.45) is 8.83. The van der Waals surface area contributed by atoms with Crippen LogP contribution in [0.25, 0.3) is 0 Å². The molecule has 0 N–H and O–H groups in total. The number of unbranched alkanes of at least 4 members (excludes halogenated alkanes) is 6. The highest BCUT2D eigenvalue weighted by Gasteiger charge is 2.02. The SMILES string of the molecule is CCCCCCCCCC(=O)OCCOCCOCCF. The highest BCUT2D eigenvalue weighted by atomic mass is 19.1. The van der Waals surface area contributed by atoms with Gasteiger partial charge in [-0.05, 0) is 6.42 Å². The maximum atomic E-state index is 11.7. The van der Waals surface area contributed by atoms with E-state index >= 15 is 0 Å². The van der Waals surface area contributed by atoms with Gasteiger partial charge in [-0.15, -0.1) is 0 Å². The predicted octanol–water partition coefficient (Wildman–Crippen LogP) is 3.67. The van der Waals surface area contributed by atoms with E-state index in [0.29, 0.717) is 26.2 Å². The summed E-state index contributed by atoms with van der Waals surface area (Å²) in [5.74, 6) is -0.152. The molecule has 0 radical (unpaired) electrons. The molecule has 0 aromatic carbocycles. The topological polar surface area (TPSA) is 44.8 Å². The number of hydrogen-bond acceptors (Lipinski definition) is 4. The molecule has 0 rings (SSSR count). The van der Waals surface area contributed by atoms with E-state index in [9.17, 15) is 9.18 Å². The van der Waals surface area contributed by atoms with Crippen LogP contribution in [0.5, 0.6) is 0 Å². The van der Waals surface area contributed by atoms with Gasteiger partial charge in [-0.3, -0.25) is 4.79 Å². The molecule has 5 heteroatoms. The van der Waals surface area contributed by atoms with Crippen molar-refractivity contribution < 1.29 is 23.4 Å². The first-order valence-electron chi connectivity index (χ1n) is 8.18. The average Bonchev–Trinajstić information content (AvgIpc) is 2.49. The third-order valence-electron chi connectivity index (χ3n) is 3.07. The first-order valence-corrected chi connectivity index (χ1v) is 8.18. The van der Waals surface area contributed by atoms with Gasteiger partial charge in [0.05, 0.1) is 26.4 Å². The van der Waals surface area contributed by atoms with Gasteiger partial charge in [0.1, 0.15) is 13.3 Å². The summed E-state index contributed by atoms with van der Waals surface area (Å²) in [4.78, 5) is 11.4. The number of rotatable bonds is 16. The average molecular weight is 306 g/mol. The lowest BCUT2D eigenvalue weighted by Crippen LogP contribution is -2.13. The van der Waals surface area contributed by atoms with Crippen LogP contribution >= 0.6 is 0 Å². The molecule has 0 saturated heterocycles. The molecule has 4 nitrogen and oxygen atoms in total. The summed E-state index contributed by atoms with van der Waals surface area (Å²) in [7, 11) is 0. The van der Waals surface area contributed by atoms with Crippen LogP contribution in [-0.4, -0.2) is 45.7 Å². The van der Waals surface area contributed by atoms with Crippen molar-refractivity contribution in [3.63, 3.8) is 0 Å². The minimum absolute atomic E-state index is 0.108. The van der Waals surface area contributed by atoms with E-state index in [4.69, 9.17) is 14.2 Å². The molecule has 0 saturated carbocycles. The van der Waals surface area contributed by atoms with Crippen LogP contribution in [0, 0.1) is 0 Å². The summed E-state index contributed by atoms with van der Waals surface area (Å²) in [6, 6.07) is 0. The lowest BCUT2D eigenvalue weighted by molar-refractivity contribution is -0.145. The molecule has 0 fully saturated rings. The van der Waals surface area contributed by atoms with Crippen molar-refractivity contribution in [1.29, 1.82) is 0 Å². The van der Waals surface area contributed by atoms with E-state index in [1.165, 1.54) is 32.1 Å². The lowest BCUT2D eigenvalue weighted by Gasteiger charge is -2.06. The molecule has 0 amide bonds. The van der Waals surface area contributed by atoms with Crippen molar-refractivity contribution in [2.24, 2.45) is 0 Å². The van der Waals surface area contributed by atoms with E-state index < -0.39 is 6.67 Å². The Morgan fingerprint density at radius 3 is 2.05 bits per heavy atom. The summed E-state index contributed by atoms with van der Waals surface area (Å²) in [5, 5.41) is 0. The summed E-state index contributed by atoms with van der Waals surface area (Å²) in [5.41, 5.74) is 0. The second-order valence-corrected chi connectivity index (χ2v) is 5.01. The molecule has 0 aromatic heterocycles. The summed E-state index contributed by atoms with van der Waals surface area (Å²) >= 11 is 0. The Labute approximate surface area is 128 Å². The Kier molecular flexibility index (Phi) is 16.8. The third-order valence-corrected chi connectivity index (χ3v) is 3.07. The van der Waals surface area contributed by atoms with Gasteiger partial charge >= 0.3 is 5.97 Å². The van der Waals surface area contributed by atoms with Gasteiger partial charge in [0.2, 0.25) is 0 Å². The Morgan fingerprint density at radius 2 is 1.38 bits per heavy atom. The fourth-order valence-electron chi connectivity index (χ4n) is 1.89. The highest BCUT2D eigenvalue weighted by Crippen LogP contribution is 2.08. The van der Waals surface area contributed by atoms with Gasteiger partial charge in [-0.25, -0.2) is 4.39 Å². The minimum Gasteiger partial charge on any atom is -0.463 e. The van der Waals surface area contributed by atoms with Crippen LogP contribution in [0.3, 0.4) is 0 Å². The first kappa shape index (κ1) is 20.3. The van der Waals surface area contributed by atoms with Gasteiger partial charge in [0.15, 0.2) is 0 Å². The van der Waals surface area contributed by atoms with Crippen molar-refractivity contribution >= 4 is 5.97 Å². The van der Waals surface area contributed by atoms with Crippen LogP contribution in [0.1, 0.15) is 58.3 Å². The number of ether oxygens (including phenoxy) is 3. The van der Waals surface area contributed by atoms with E-state index in [1.807, 2.05) is 0 Å². The van der Waals surface area contributed by atoms with Crippen molar-refractivity contribution in [3.8, 4) is 0 Å². The zero-order valence-electron chi connectivity index (χ0n) is 13.4. The fourth-order valence-corrected chi connectivity index (χ4v) is 1.89. The van der Waals surface area contributed by atoms with E-state index in [2.05, 4.69) is 6.92 Å². The van der Waals surface area contributed by atoms with Crippen LogP contribution in [0.4, 0.5) is 4.39 Å². The smallest absolute Gasteiger partial charge is 0.305 e. The molecule has 0 bridgehead atoms. The minimum atomic E-state index is -0.476. The Bertz CT molecular complexity index is 224. The van der Waals surface area contributed by atoms with Gasteiger partial charge in [0, 0.05) is 6.42 Å². The molecule has 0 heterocycles. The Hall–Kier alpha value is -0.680. The predicted molar refractivity (Wildman–Crippen MR) is 81.2 cm³/mol. The quantitative estimate of drug-likeness (QED) is 0.322. The number of alkyl halides is 1. The monoisotopic (exact) mass is 306 g/mol. The normalized spacial score (nSPS) is 10.8. The molecular weight excluding hydrogens is 275 g/mol. The molecule has 0 aliphatic heterocycles. The number of hydrogen-bond donors (Lipinski definition) is 0. The highest BCUT2D eigenvalue weighted by molar-refractivity contribution is 5.69. The first-order chi connectivity index (χ1) is 10.3. The second-order valence-electron chi connectivity index (χ2n) is 5.01. The lowest BCUT2D eigenvalue weighted by atomic mass is 10.1.